The van der Waals surface area contributed by atoms with Crippen LogP contribution in [-0.4, -0.2) is 29.1 Å². The minimum absolute atomic E-state index is 0.0297. The van der Waals surface area contributed by atoms with Gasteiger partial charge in [-0.05, 0) is 110 Å². The van der Waals surface area contributed by atoms with Crippen LogP contribution in [-0.2, 0) is 0 Å². The molecule has 0 radical (unpaired) electrons. The van der Waals surface area contributed by atoms with E-state index < -0.39 is 0 Å². The third-order valence-electron chi connectivity index (χ3n) is 10.7. The Labute approximate surface area is 351 Å². The van der Waals surface area contributed by atoms with E-state index in [4.69, 9.17) is 24.9 Å². The number of hydrogen-bond acceptors (Lipinski definition) is 6. The molecule has 5 heterocycles. The fourth-order valence-corrected chi connectivity index (χ4v) is 7.90. The van der Waals surface area contributed by atoms with Crippen molar-refractivity contribution in [1.82, 2.24) is 29.1 Å². The molecular formula is C52H36N6O2. The smallest absolute Gasteiger partial charge is 0.137 e. The molecule has 8 heteroatoms. The fourth-order valence-electron chi connectivity index (χ4n) is 7.90. The molecule has 60 heavy (non-hydrogen) atoms. The number of fused-ring (bicyclic) bond motifs is 6. The zero-order chi connectivity index (χ0) is 43.6. The number of benzene rings is 6. The van der Waals surface area contributed by atoms with Crippen molar-refractivity contribution in [2.24, 2.45) is 0 Å². The Morgan fingerprint density at radius 1 is 0.433 bits per heavy atom. The summed E-state index contributed by atoms with van der Waals surface area (Å²) in [6.45, 7) is 4.07. The fraction of sp³-hybridized carbons (Fsp3) is 0.0385. The molecule has 0 amide bonds. The molecule has 0 aliphatic rings. The molecule has 0 aliphatic heterocycles. The van der Waals surface area contributed by atoms with Crippen LogP contribution in [0.2, 0.25) is 0 Å². The summed E-state index contributed by atoms with van der Waals surface area (Å²) in [5, 5.41) is 4.24. The Hall–Kier alpha value is -8.10. The Balaban J connectivity index is 0.898. The number of pyridine rings is 2. The van der Waals surface area contributed by atoms with Gasteiger partial charge < -0.3 is 9.47 Å². The normalized spacial score (nSPS) is 12.4. The van der Waals surface area contributed by atoms with Crippen molar-refractivity contribution in [3.63, 3.8) is 0 Å². The second-order valence-corrected chi connectivity index (χ2v) is 14.7. The maximum Gasteiger partial charge on any atom is 0.137 e. The van der Waals surface area contributed by atoms with E-state index >= 15 is 0 Å². The first-order chi connectivity index (χ1) is 31.2. The molecule has 0 fully saturated rings. The third kappa shape index (κ3) is 6.27. The Morgan fingerprint density at radius 3 is 1.33 bits per heavy atom. The summed E-state index contributed by atoms with van der Waals surface area (Å²) in [5.41, 5.74) is 8.04. The summed E-state index contributed by atoms with van der Waals surface area (Å²) in [5.74, 6) is 2.98. The SMILES string of the molecule is [2H]c1cc(-c2cnc(-c3cc([2H])c([2H])c(Oc4ccc5c6ccccc6n(-c6cc(C)ccn6)c5c4)c3)cn2)cc(Oc2ccc3c4ccccc4n(-c4cc(C)ccn4)c3c2)c1[2H]. The topological polar surface area (TPSA) is 79.9 Å². The highest BCUT2D eigenvalue weighted by Gasteiger charge is 2.16. The zero-order valence-electron chi connectivity index (χ0n) is 36.5. The summed E-state index contributed by atoms with van der Waals surface area (Å²) in [6, 6.07) is 42.3. The van der Waals surface area contributed by atoms with Gasteiger partial charge in [-0.3, -0.25) is 19.1 Å². The van der Waals surface area contributed by atoms with Crippen LogP contribution >= 0.6 is 0 Å². The van der Waals surface area contributed by atoms with E-state index in [9.17, 15) is 0 Å². The molecule has 11 rings (SSSR count). The average molecular weight is 781 g/mol. The number of aromatic nitrogens is 6. The Bertz CT molecular complexity index is 3420. The zero-order valence-corrected chi connectivity index (χ0v) is 32.5. The lowest BCUT2D eigenvalue weighted by atomic mass is 10.1. The quantitative estimate of drug-likeness (QED) is 0.153. The van der Waals surface area contributed by atoms with Crippen molar-refractivity contribution in [3.05, 3.63) is 194 Å². The molecule has 0 unspecified atom stereocenters. The third-order valence-corrected chi connectivity index (χ3v) is 10.7. The highest BCUT2D eigenvalue weighted by atomic mass is 16.5. The van der Waals surface area contributed by atoms with E-state index in [1.165, 1.54) is 0 Å². The van der Waals surface area contributed by atoms with Crippen LogP contribution in [0, 0.1) is 13.8 Å². The number of rotatable bonds is 8. The summed E-state index contributed by atoms with van der Waals surface area (Å²) < 4.78 is 51.8. The van der Waals surface area contributed by atoms with Gasteiger partial charge in [0.1, 0.15) is 34.6 Å². The van der Waals surface area contributed by atoms with Crippen LogP contribution in [0.15, 0.2) is 182 Å². The standard InChI is InChI=1S/C52H36N6O2/c1-33-21-23-53-51(25-33)57-47-15-5-3-13-41(47)43-19-17-39(29-49(43)57)59-37-11-7-9-35(27-37)45-31-56-46(32-55-45)36-10-8-12-38(28-36)60-40-18-20-44-42-14-4-6-16-48(42)58(50(44)30-40)52-26-34(2)22-24-54-52/h3-32H,1-2H3/i7D,8D,11D,12D. The van der Waals surface area contributed by atoms with E-state index in [0.717, 1.165) is 66.4 Å². The van der Waals surface area contributed by atoms with Crippen LogP contribution in [0.5, 0.6) is 23.0 Å². The number of nitrogens with zero attached hydrogens (tertiary/aromatic N) is 6. The van der Waals surface area contributed by atoms with Crippen LogP contribution in [0.25, 0.3) is 77.8 Å². The molecular weight excluding hydrogens is 741 g/mol. The lowest BCUT2D eigenvalue weighted by Crippen LogP contribution is -1.97. The summed E-state index contributed by atoms with van der Waals surface area (Å²) >= 11 is 0. The molecule has 0 atom stereocenters. The van der Waals surface area contributed by atoms with Gasteiger partial charge in [0.15, 0.2) is 0 Å². The second kappa shape index (κ2) is 14.4. The number of para-hydroxylation sites is 2. The van der Waals surface area contributed by atoms with Crippen molar-refractivity contribution < 1.29 is 15.0 Å². The van der Waals surface area contributed by atoms with Gasteiger partial charge in [0.05, 0.1) is 51.3 Å². The second-order valence-electron chi connectivity index (χ2n) is 14.7. The first-order valence-corrected chi connectivity index (χ1v) is 19.5. The summed E-state index contributed by atoms with van der Waals surface area (Å²) in [4.78, 5) is 18.7. The van der Waals surface area contributed by atoms with Gasteiger partial charge in [0, 0.05) is 57.2 Å². The summed E-state index contributed by atoms with van der Waals surface area (Å²) in [6.07, 6.45) is 6.77. The van der Waals surface area contributed by atoms with Crippen LogP contribution < -0.4 is 9.47 Å². The van der Waals surface area contributed by atoms with Crippen molar-refractivity contribution in [2.75, 3.05) is 0 Å². The number of ether oxygens (including phenoxy) is 2. The van der Waals surface area contributed by atoms with Crippen LogP contribution in [0.1, 0.15) is 16.6 Å². The van der Waals surface area contributed by atoms with Gasteiger partial charge in [0.25, 0.3) is 0 Å². The first kappa shape index (κ1) is 31.0. The van der Waals surface area contributed by atoms with Gasteiger partial charge in [-0.25, -0.2) is 9.97 Å². The van der Waals surface area contributed by atoms with E-state index in [0.29, 0.717) is 34.0 Å². The number of hydrogen-bond donors (Lipinski definition) is 0. The van der Waals surface area contributed by atoms with Gasteiger partial charge >= 0.3 is 0 Å². The molecule has 286 valence electrons. The van der Waals surface area contributed by atoms with E-state index in [2.05, 4.69) is 43.4 Å². The van der Waals surface area contributed by atoms with Crippen LogP contribution in [0.4, 0.5) is 0 Å². The van der Waals surface area contributed by atoms with Crippen molar-refractivity contribution >= 4 is 43.6 Å². The lowest BCUT2D eigenvalue weighted by Gasteiger charge is -2.11. The Kier molecular flexibility index (Phi) is 7.42. The predicted molar refractivity (Wildman–Crippen MR) is 240 cm³/mol. The molecule has 5 aromatic heterocycles. The van der Waals surface area contributed by atoms with Crippen molar-refractivity contribution in [1.29, 1.82) is 0 Å². The molecule has 0 spiro atoms. The molecule has 0 N–H and O–H groups in total. The van der Waals surface area contributed by atoms with E-state index in [-0.39, 0.29) is 35.7 Å². The maximum absolute atomic E-state index is 8.75. The highest BCUT2D eigenvalue weighted by Crippen LogP contribution is 2.37. The van der Waals surface area contributed by atoms with Crippen LogP contribution in [0.3, 0.4) is 0 Å². The largest absolute Gasteiger partial charge is 0.457 e. The highest BCUT2D eigenvalue weighted by molar-refractivity contribution is 6.10. The Morgan fingerprint density at radius 2 is 0.883 bits per heavy atom. The molecule has 8 nitrogen and oxygen atoms in total. The van der Waals surface area contributed by atoms with Gasteiger partial charge in [-0.15, -0.1) is 0 Å². The maximum atomic E-state index is 8.75. The van der Waals surface area contributed by atoms with Gasteiger partial charge in [0.2, 0.25) is 0 Å². The monoisotopic (exact) mass is 780 g/mol. The lowest BCUT2D eigenvalue weighted by molar-refractivity contribution is 0.483. The minimum atomic E-state index is -0.0623. The molecule has 0 saturated heterocycles. The molecule has 0 saturated carbocycles. The molecule has 6 aromatic carbocycles. The molecule has 0 aliphatic carbocycles. The van der Waals surface area contributed by atoms with Gasteiger partial charge in [-0.1, -0.05) is 60.6 Å². The van der Waals surface area contributed by atoms with E-state index in [1.807, 2.05) is 98.8 Å². The van der Waals surface area contributed by atoms with Crippen molar-refractivity contribution in [3.8, 4) is 57.1 Å². The van der Waals surface area contributed by atoms with Crippen molar-refractivity contribution in [2.45, 2.75) is 13.8 Å². The van der Waals surface area contributed by atoms with Gasteiger partial charge in [-0.2, -0.15) is 0 Å². The minimum Gasteiger partial charge on any atom is -0.457 e. The molecule has 0 bridgehead atoms. The average Bonchev–Trinajstić information content (AvgIpc) is 3.81. The predicted octanol–water partition coefficient (Wildman–Crippen LogP) is 13.0. The first-order valence-electron chi connectivity index (χ1n) is 21.5. The molecule has 11 aromatic rings. The van der Waals surface area contributed by atoms with E-state index in [1.54, 1.807) is 49.1 Å². The number of aryl methyl sites for hydroxylation is 2. The summed E-state index contributed by atoms with van der Waals surface area (Å²) in [7, 11) is 0.